The smallest absolute Gasteiger partial charge is 0.449 e. The average Bonchev–Trinajstić information content (AvgIpc) is 3.41. The van der Waals surface area contributed by atoms with Gasteiger partial charge < -0.3 is 10.2 Å². The van der Waals surface area contributed by atoms with E-state index in [4.69, 9.17) is 4.74 Å². The van der Waals surface area contributed by atoms with Gasteiger partial charge in [0.25, 0.3) is 0 Å². The maximum Gasteiger partial charge on any atom is 2.00 e. The predicted octanol–water partition coefficient (Wildman–Crippen LogP) is 3.92. The topological polar surface area (TPSA) is 57.8 Å². The zero-order valence-corrected chi connectivity index (χ0v) is 15.5. The predicted molar refractivity (Wildman–Crippen MR) is 102 cm³/mol. The van der Waals surface area contributed by atoms with Gasteiger partial charge in [-0.15, -0.1) is 0 Å². The Morgan fingerprint density at radius 1 is 0.778 bits per heavy atom. The number of cyclic esters (lactones) is 1. The molecule has 0 bridgehead atoms. The molecule has 1 aromatic rings. The van der Waals surface area contributed by atoms with Gasteiger partial charge in [-0.3, -0.25) is 0 Å². The van der Waals surface area contributed by atoms with E-state index >= 15 is 0 Å². The number of esters is 1. The minimum Gasteiger partial charge on any atom is -0.449 e. The van der Waals surface area contributed by atoms with Crippen LogP contribution in [0.1, 0.15) is 27.4 Å². The summed E-state index contributed by atoms with van der Waals surface area (Å²) in [5.74, 6) is 0.0361. The largest absolute Gasteiger partial charge is 2.00 e. The van der Waals surface area contributed by atoms with E-state index < -0.39 is 5.60 Å². The van der Waals surface area contributed by atoms with Crippen LogP contribution in [0.15, 0.2) is 91.1 Å². The van der Waals surface area contributed by atoms with Gasteiger partial charge in [-0.1, -0.05) is 85.0 Å². The van der Waals surface area contributed by atoms with Crippen molar-refractivity contribution in [1.29, 1.82) is 0 Å². The van der Waals surface area contributed by atoms with E-state index in [2.05, 4.69) is 54.7 Å². The summed E-state index contributed by atoms with van der Waals surface area (Å²) in [4.78, 5) is 12.8. The molecule has 0 saturated carbocycles. The molecule has 0 spiro atoms. The van der Waals surface area contributed by atoms with E-state index in [0.29, 0.717) is 5.56 Å². The van der Waals surface area contributed by atoms with Crippen LogP contribution in [-0.2, 0) is 27.4 Å². The van der Waals surface area contributed by atoms with E-state index in [9.17, 15) is 4.79 Å². The summed E-state index contributed by atoms with van der Waals surface area (Å²) in [5.41, 5.74) is 2.20. The Bertz CT molecular complexity index is 869. The molecule has 2 N–H and O–H groups in total. The molecule has 5 rings (SSSR count). The molecule has 0 atom stereocenters. The summed E-state index contributed by atoms with van der Waals surface area (Å²) in [5, 5.41) is 0. The number of benzene rings is 1. The van der Waals surface area contributed by atoms with Crippen molar-refractivity contribution in [2.45, 2.75) is 11.5 Å². The Balaban J connectivity index is 0.00000105. The standard InChI is InChI=1S/C23H18O2.Cu.H2O/c24-22-20-15-7-14-19(16-8-1-2-9-16)21(20)23(25-22,17-10-3-4-11-17)18-12-5-6-13-18;;/h1-18H;;1H2/q;+2;. The zero-order valence-electron chi connectivity index (χ0n) is 14.5. The second-order valence-corrected chi connectivity index (χ2v) is 6.84. The summed E-state index contributed by atoms with van der Waals surface area (Å²) in [6.45, 7) is 0. The summed E-state index contributed by atoms with van der Waals surface area (Å²) >= 11 is 0. The van der Waals surface area contributed by atoms with Crippen LogP contribution in [0.5, 0.6) is 0 Å². The third-order valence-electron chi connectivity index (χ3n) is 5.56. The Morgan fingerprint density at radius 2 is 1.30 bits per heavy atom. The van der Waals surface area contributed by atoms with Crippen molar-refractivity contribution in [2.24, 2.45) is 11.8 Å². The van der Waals surface area contributed by atoms with E-state index in [1.165, 1.54) is 0 Å². The first kappa shape index (κ1) is 19.4. The van der Waals surface area contributed by atoms with Crippen LogP contribution >= 0.6 is 0 Å². The number of ether oxygens (including phenoxy) is 1. The number of carbonyl (C=O) groups excluding carboxylic acids is 1. The first-order chi connectivity index (χ1) is 12.3. The molecular formula is C23H20CuO3+2. The van der Waals surface area contributed by atoms with Gasteiger partial charge in [0.2, 0.25) is 0 Å². The Hall–Kier alpha value is -2.39. The molecule has 0 fully saturated rings. The number of hydrogen-bond acceptors (Lipinski definition) is 2. The molecule has 0 unspecified atom stereocenters. The van der Waals surface area contributed by atoms with E-state index in [1.54, 1.807) is 0 Å². The fraction of sp³-hybridized carbons (Fsp3) is 0.174. The normalized spacial score (nSPS) is 21.6. The van der Waals surface area contributed by atoms with E-state index in [1.807, 2.05) is 36.4 Å². The van der Waals surface area contributed by atoms with Gasteiger partial charge in [0.05, 0.1) is 5.56 Å². The van der Waals surface area contributed by atoms with E-state index in [0.717, 1.165) is 11.1 Å². The number of rotatable bonds is 3. The zero-order chi connectivity index (χ0) is 16.9. The SMILES string of the molecule is O.O=C1OC(C2C=CC=C2)(C2C=CC=C2)c2c1cccc2C1C=CC=C1.[Cu+2]. The van der Waals surface area contributed by atoms with Crippen LogP contribution in [-0.4, -0.2) is 11.4 Å². The average molecular weight is 408 g/mol. The first-order valence-corrected chi connectivity index (χ1v) is 8.72. The third kappa shape index (κ3) is 2.72. The Morgan fingerprint density at radius 3 is 1.85 bits per heavy atom. The van der Waals surface area contributed by atoms with Gasteiger partial charge >= 0.3 is 23.0 Å². The molecule has 0 amide bonds. The van der Waals surface area contributed by atoms with Gasteiger partial charge in [-0.25, -0.2) is 4.79 Å². The van der Waals surface area contributed by atoms with Crippen molar-refractivity contribution >= 4 is 5.97 Å². The Labute approximate surface area is 169 Å². The van der Waals surface area contributed by atoms with Crippen molar-refractivity contribution in [1.82, 2.24) is 0 Å². The molecule has 1 aromatic carbocycles. The molecule has 1 heterocycles. The minimum absolute atomic E-state index is 0. The molecule has 27 heavy (non-hydrogen) atoms. The summed E-state index contributed by atoms with van der Waals surface area (Å²) in [6, 6.07) is 5.99. The minimum atomic E-state index is -0.708. The maximum atomic E-state index is 12.8. The fourth-order valence-corrected chi connectivity index (χ4v) is 4.48. The third-order valence-corrected chi connectivity index (χ3v) is 5.56. The van der Waals surface area contributed by atoms with Crippen molar-refractivity contribution < 1.29 is 32.1 Å². The molecule has 3 nitrogen and oxygen atoms in total. The molecule has 3 aliphatic carbocycles. The molecule has 1 aliphatic heterocycles. The molecule has 0 saturated heterocycles. The Kier molecular flexibility index (Phi) is 5.25. The van der Waals surface area contributed by atoms with Crippen LogP contribution in [0.2, 0.25) is 0 Å². The van der Waals surface area contributed by atoms with Gasteiger partial charge in [-0.2, -0.15) is 0 Å². The second kappa shape index (κ2) is 7.32. The van der Waals surface area contributed by atoms with Gasteiger partial charge in [0.15, 0.2) is 5.60 Å². The van der Waals surface area contributed by atoms with Crippen molar-refractivity contribution in [3.63, 3.8) is 0 Å². The van der Waals surface area contributed by atoms with Crippen molar-refractivity contribution in [3.05, 3.63) is 108 Å². The summed E-state index contributed by atoms with van der Waals surface area (Å²) < 4.78 is 6.20. The van der Waals surface area contributed by atoms with Crippen molar-refractivity contribution in [2.75, 3.05) is 0 Å². The van der Waals surface area contributed by atoms with E-state index in [-0.39, 0.29) is 46.3 Å². The van der Waals surface area contributed by atoms with Gasteiger partial charge in [0, 0.05) is 23.3 Å². The first-order valence-electron chi connectivity index (χ1n) is 8.72. The number of allylic oxidation sites excluding steroid dienone is 8. The van der Waals surface area contributed by atoms with Crippen LogP contribution < -0.4 is 0 Å². The second-order valence-electron chi connectivity index (χ2n) is 6.84. The van der Waals surface area contributed by atoms with Crippen LogP contribution in [0.3, 0.4) is 0 Å². The number of hydrogen-bond donors (Lipinski definition) is 0. The molecular weight excluding hydrogens is 388 g/mol. The number of carbonyl (C=O) groups is 1. The maximum absolute atomic E-state index is 12.8. The van der Waals surface area contributed by atoms with Gasteiger partial charge in [0.1, 0.15) is 0 Å². The molecule has 4 heteroatoms. The van der Waals surface area contributed by atoms with Crippen LogP contribution in [0, 0.1) is 11.8 Å². The molecule has 139 valence electrons. The van der Waals surface area contributed by atoms with Crippen LogP contribution in [0.25, 0.3) is 0 Å². The fourth-order valence-electron chi connectivity index (χ4n) is 4.48. The molecule has 0 aromatic heterocycles. The number of fused-ring (bicyclic) bond motifs is 1. The van der Waals surface area contributed by atoms with Gasteiger partial charge in [-0.05, 0) is 11.6 Å². The quantitative estimate of drug-likeness (QED) is 0.563. The molecule has 1 radical (unpaired) electrons. The molecule has 4 aliphatic rings. The van der Waals surface area contributed by atoms with Crippen LogP contribution in [0.4, 0.5) is 0 Å². The van der Waals surface area contributed by atoms with Crippen molar-refractivity contribution in [3.8, 4) is 0 Å². The summed E-state index contributed by atoms with van der Waals surface area (Å²) in [7, 11) is 0. The summed E-state index contributed by atoms with van der Waals surface area (Å²) in [6.07, 6.45) is 25.2. The monoisotopic (exact) mass is 407 g/mol.